The Bertz CT molecular complexity index is 1170. The van der Waals surface area contributed by atoms with Crippen molar-refractivity contribution in [2.45, 2.75) is 128 Å². The van der Waals surface area contributed by atoms with Gasteiger partial charge in [-0.2, -0.15) is 0 Å². The van der Waals surface area contributed by atoms with Gasteiger partial charge >= 0.3 is 5.97 Å². The van der Waals surface area contributed by atoms with Crippen molar-refractivity contribution in [1.29, 1.82) is 0 Å². The molecule has 11 heteroatoms. The van der Waals surface area contributed by atoms with Crippen LogP contribution >= 0.6 is 0 Å². The summed E-state index contributed by atoms with van der Waals surface area (Å²) in [6.07, 6.45) is -2.96. The molecule has 0 radical (unpaired) electrons. The molecule has 8 N–H and O–H groups in total. The second-order valence-corrected chi connectivity index (χ2v) is 16.6. The molecule has 0 aromatic rings. The van der Waals surface area contributed by atoms with Gasteiger partial charge in [0.15, 0.2) is 6.29 Å². The molecule has 1 saturated heterocycles. The maximum atomic E-state index is 12.9. The van der Waals surface area contributed by atoms with E-state index in [-0.39, 0.29) is 47.0 Å². The maximum Gasteiger partial charge on any atom is 0.312 e. The van der Waals surface area contributed by atoms with Crippen LogP contribution in [0.2, 0.25) is 0 Å². The third-order valence-corrected chi connectivity index (χ3v) is 13.9. The van der Waals surface area contributed by atoms with E-state index in [0.29, 0.717) is 19.3 Å². The van der Waals surface area contributed by atoms with E-state index in [4.69, 9.17) is 9.47 Å². The Morgan fingerprint density at radius 2 is 1.62 bits per heavy atom. The van der Waals surface area contributed by atoms with Crippen molar-refractivity contribution in [3.05, 3.63) is 11.6 Å². The number of carboxylic acids is 1. The molecule has 0 spiro atoms. The standard InChI is InChI=1S/C34H54O11/c1-31(2)9-10-34(30(42)43)21(12-31)20-6-5-16-17-11-22(37)28(45-29-27(41)26(40)25(39)23(14-35)44-29)33(4,15-36)19(17)8-7-18(16)32(20,3)13-24(34)38/h6,16-19,21-29,35-41H,5,7-15H2,1-4H3,(H,42,43)/t16?,17?,18?,19?,21?,22-,23?,24+,25+,26?,27?,28-,29-,32-,33-,34+/m0/s1. The number of hydrogen-bond donors (Lipinski definition) is 8. The zero-order valence-electron chi connectivity index (χ0n) is 27.0. The van der Waals surface area contributed by atoms with Crippen LogP contribution in [0, 0.1) is 51.2 Å². The van der Waals surface area contributed by atoms with E-state index in [1.165, 1.54) is 5.57 Å². The third kappa shape index (κ3) is 4.90. The molecular weight excluding hydrogens is 584 g/mol. The number of aliphatic hydroxyl groups is 7. The minimum absolute atomic E-state index is 0.0245. The Kier molecular flexibility index (Phi) is 8.61. The van der Waals surface area contributed by atoms with Crippen LogP contribution in [0.3, 0.4) is 0 Å². The number of aliphatic carboxylic acids is 1. The zero-order chi connectivity index (χ0) is 32.9. The van der Waals surface area contributed by atoms with Crippen LogP contribution in [0.25, 0.3) is 0 Å². The monoisotopic (exact) mass is 638 g/mol. The Balaban J connectivity index is 1.29. The smallest absolute Gasteiger partial charge is 0.312 e. The van der Waals surface area contributed by atoms with Gasteiger partial charge < -0.3 is 50.3 Å². The number of ether oxygens (including phenoxy) is 2. The molecule has 256 valence electrons. The van der Waals surface area contributed by atoms with Gasteiger partial charge in [-0.25, -0.2) is 0 Å². The summed E-state index contributed by atoms with van der Waals surface area (Å²) in [7, 11) is 0. The summed E-state index contributed by atoms with van der Waals surface area (Å²) in [6, 6.07) is 0. The second kappa shape index (κ2) is 11.5. The van der Waals surface area contributed by atoms with Gasteiger partial charge in [0.25, 0.3) is 0 Å². The fourth-order valence-electron chi connectivity index (χ4n) is 11.3. The number of fused-ring (bicyclic) bond motifs is 7. The Hall–Kier alpha value is -1.15. The van der Waals surface area contributed by atoms with E-state index in [2.05, 4.69) is 26.8 Å². The largest absolute Gasteiger partial charge is 0.481 e. The van der Waals surface area contributed by atoms with Crippen LogP contribution in [0.5, 0.6) is 0 Å². The highest BCUT2D eigenvalue weighted by atomic mass is 16.7. The summed E-state index contributed by atoms with van der Waals surface area (Å²) >= 11 is 0. The van der Waals surface area contributed by atoms with Crippen LogP contribution in [0.1, 0.15) is 79.1 Å². The topological polar surface area (TPSA) is 197 Å². The SMILES string of the molecule is CC1(C)CC[C@@]2(C(=O)O)C(C1)C1=CCC3C4C[C@H](O)[C@H](O[C@@H]5OC(CO)[C@@H](O)C(O)C5O)[C@@](C)(CO)C4CCC3[C@]1(C)C[C@H]2O. The van der Waals surface area contributed by atoms with Gasteiger partial charge in [-0.3, -0.25) is 4.79 Å². The number of aliphatic hydroxyl groups excluding tert-OH is 7. The molecule has 6 aliphatic rings. The molecular formula is C34H54O11. The molecule has 1 heterocycles. The Morgan fingerprint density at radius 1 is 0.933 bits per heavy atom. The summed E-state index contributed by atoms with van der Waals surface area (Å²) in [5.41, 5.74) is -1.31. The predicted octanol–water partition coefficient (Wildman–Crippen LogP) is 1.19. The number of carboxylic acid groups (broad SMARTS) is 1. The quantitative estimate of drug-likeness (QED) is 0.159. The van der Waals surface area contributed by atoms with Crippen molar-refractivity contribution in [2.75, 3.05) is 13.2 Å². The van der Waals surface area contributed by atoms with Crippen LogP contribution in [0.15, 0.2) is 11.6 Å². The van der Waals surface area contributed by atoms with E-state index in [1.54, 1.807) is 0 Å². The van der Waals surface area contributed by atoms with Crippen molar-refractivity contribution < 1.29 is 55.1 Å². The van der Waals surface area contributed by atoms with E-state index in [9.17, 15) is 45.6 Å². The molecule has 6 rings (SSSR count). The molecule has 0 amide bonds. The van der Waals surface area contributed by atoms with Crippen molar-refractivity contribution in [3.63, 3.8) is 0 Å². The molecule has 8 unspecified atom stereocenters. The van der Waals surface area contributed by atoms with Crippen molar-refractivity contribution >= 4 is 5.97 Å². The predicted molar refractivity (Wildman–Crippen MR) is 160 cm³/mol. The minimum atomic E-state index is -1.62. The average molecular weight is 639 g/mol. The number of allylic oxidation sites excluding steroid dienone is 2. The van der Waals surface area contributed by atoms with Crippen LogP contribution in [-0.4, -0.2) is 109 Å². The van der Waals surface area contributed by atoms with Gasteiger partial charge in [-0.05, 0) is 91.8 Å². The highest BCUT2D eigenvalue weighted by Gasteiger charge is 2.67. The van der Waals surface area contributed by atoms with Crippen LogP contribution < -0.4 is 0 Å². The number of rotatable bonds is 5. The van der Waals surface area contributed by atoms with Crippen LogP contribution in [-0.2, 0) is 14.3 Å². The lowest BCUT2D eigenvalue weighted by atomic mass is 9.40. The summed E-state index contributed by atoms with van der Waals surface area (Å²) in [5, 5.41) is 85.5. The zero-order valence-corrected chi connectivity index (χ0v) is 27.0. The second-order valence-electron chi connectivity index (χ2n) is 16.6. The molecule has 1 aliphatic heterocycles. The lowest BCUT2D eigenvalue weighted by molar-refractivity contribution is -0.338. The van der Waals surface area contributed by atoms with Crippen molar-refractivity contribution in [1.82, 2.24) is 0 Å². The van der Waals surface area contributed by atoms with Gasteiger partial charge in [-0.15, -0.1) is 0 Å². The highest BCUT2D eigenvalue weighted by Crippen LogP contribution is 2.69. The first-order chi connectivity index (χ1) is 21.1. The molecule has 4 saturated carbocycles. The first-order valence-electron chi connectivity index (χ1n) is 16.9. The fourth-order valence-corrected chi connectivity index (χ4v) is 11.3. The van der Waals surface area contributed by atoms with E-state index in [1.807, 2.05) is 6.92 Å². The first kappa shape index (κ1) is 33.7. The molecule has 5 fully saturated rings. The molecule has 0 aromatic heterocycles. The fraction of sp³-hybridized carbons (Fsp3) is 0.912. The molecule has 0 bridgehead atoms. The van der Waals surface area contributed by atoms with Gasteiger partial charge in [0.05, 0.1) is 31.5 Å². The highest BCUT2D eigenvalue weighted by molar-refractivity contribution is 5.77. The van der Waals surface area contributed by atoms with Crippen molar-refractivity contribution in [3.8, 4) is 0 Å². The third-order valence-electron chi connectivity index (χ3n) is 13.9. The van der Waals surface area contributed by atoms with Gasteiger partial charge in [-0.1, -0.05) is 39.3 Å². The average Bonchev–Trinajstić information content (AvgIpc) is 2.98. The molecule has 45 heavy (non-hydrogen) atoms. The van der Waals surface area contributed by atoms with Gasteiger partial charge in [0.2, 0.25) is 0 Å². The number of carbonyl (C=O) groups is 1. The molecule has 11 nitrogen and oxygen atoms in total. The van der Waals surface area contributed by atoms with E-state index < -0.39 is 72.4 Å². The minimum Gasteiger partial charge on any atom is -0.481 e. The maximum absolute atomic E-state index is 12.9. The summed E-state index contributed by atoms with van der Waals surface area (Å²) in [5.74, 6) is -0.797. The van der Waals surface area contributed by atoms with Crippen molar-refractivity contribution in [2.24, 2.45) is 51.2 Å². The molecule has 0 aromatic carbocycles. The first-order valence-corrected chi connectivity index (χ1v) is 16.9. The van der Waals surface area contributed by atoms with E-state index in [0.717, 1.165) is 32.1 Å². The van der Waals surface area contributed by atoms with Gasteiger partial charge in [0, 0.05) is 5.41 Å². The summed E-state index contributed by atoms with van der Waals surface area (Å²) in [4.78, 5) is 12.9. The molecule has 16 atom stereocenters. The van der Waals surface area contributed by atoms with Crippen LogP contribution in [0.4, 0.5) is 0 Å². The summed E-state index contributed by atoms with van der Waals surface area (Å²) in [6.45, 7) is 7.58. The van der Waals surface area contributed by atoms with E-state index >= 15 is 0 Å². The van der Waals surface area contributed by atoms with Gasteiger partial charge in [0.1, 0.15) is 29.8 Å². The normalized spacial score (nSPS) is 54.1. The Labute approximate surface area is 265 Å². The Morgan fingerprint density at radius 3 is 2.27 bits per heavy atom. The lowest BCUT2D eigenvalue weighted by Gasteiger charge is -2.65. The molecule has 5 aliphatic carbocycles. The summed E-state index contributed by atoms with van der Waals surface area (Å²) < 4.78 is 11.8. The number of hydrogen-bond acceptors (Lipinski definition) is 10. The lowest BCUT2D eigenvalue weighted by Crippen LogP contribution is -2.66.